The zero-order valence-corrected chi connectivity index (χ0v) is 25.4. The van der Waals surface area contributed by atoms with Crippen LogP contribution in [0.1, 0.15) is 44.1 Å². The molecule has 2 aromatic heterocycles. The molecule has 0 radical (unpaired) electrons. The summed E-state index contributed by atoms with van der Waals surface area (Å²) in [6.45, 7) is 8.07. The lowest BCUT2D eigenvalue weighted by Gasteiger charge is -2.20. The summed E-state index contributed by atoms with van der Waals surface area (Å²) in [5.74, 6) is -0.579. The highest BCUT2D eigenvalue weighted by Gasteiger charge is 2.20. The lowest BCUT2D eigenvalue weighted by Crippen LogP contribution is -2.27. The molecular weight excluding hydrogens is 562 g/mol. The number of aromatic nitrogens is 3. The van der Waals surface area contributed by atoms with Crippen LogP contribution in [-0.4, -0.2) is 36.9 Å². The maximum atomic E-state index is 12.7. The highest BCUT2D eigenvalue weighted by Crippen LogP contribution is 2.30. The van der Waals surface area contributed by atoms with Crippen molar-refractivity contribution in [2.45, 2.75) is 46.3 Å². The monoisotopic (exact) mass is 595 g/mol. The topological polar surface area (TPSA) is 86.4 Å². The Hall–Kier alpha value is -4.62. The van der Waals surface area contributed by atoms with Gasteiger partial charge < -0.3 is 14.4 Å². The number of imidazole rings is 1. The number of carboxylic acids is 1. The molecular formula is C35H34ClN3O4. The van der Waals surface area contributed by atoms with Gasteiger partial charge in [-0.25, -0.2) is 9.78 Å². The van der Waals surface area contributed by atoms with Gasteiger partial charge in [0.2, 0.25) is 0 Å². The van der Waals surface area contributed by atoms with E-state index in [1.165, 1.54) is 4.57 Å². The van der Waals surface area contributed by atoms with Crippen LogP contribution in [-0.2, 0) is 16.1 Å². The van der Waals surface area contributed by atoms with Gasteiger partial charge in [-0.2, -0.15) is 0 Å². The fourth-order valence-corrected chi connectivity index (χ4v) is 5.16. The number of allylic oxidation sites excluding steroid dienone is 3. The van der Waals surface area contributed by atoms with Crippen LogP contribution < -0.4 is 0 Å². The number of ether oxygens (including phenoxy) is 1. The number of carbonyl (C=O) groups is 2. The summed E-state index contributed by atoms with van der Waals surface area (Å²) in [5, 5.41) is 9.95. The van der Waals surface area contributed by atoms with E-state index in [1.807, 2.05) is 117 Å². The van der Waals surface area contributed by atoms with E-state index < -0.39 is 23.6 Å². The van der Waals surface area contributed by atoms with Gasteiger partial charge in [-0.05, 0) is 80.7 Å². The third-order valence-corrected chi connectivity index (χ3v) is 7.34. The first-order chi connectivity index (χ1) is 20.5. The first kappa shape index (κ1) is 29.9. The number of hydrogen-bond acceptors (Lipinski definition) is 4. The Balaban J connectivity index is 1.40. The molecule has 0 aliphatic heterocycles. The Kier molecular flexibility index (Phi) is 8.55. The molecule has 0 saturated heterocycles. The van der Waals surface area contributed by atoms with Gasteiger partial charge in [0.1, 0.15) is 11.4 Å². The lowest BCUT2D eigenvalue weighted by molar-refractivity contribution is -0.139. The number of carbonyl (C=O) groups excluding carboxylic acids is 1. The molecule has 1 atom stereocenters. The number of nitrogens with zero attached hydrogens (tertiary/aromatic N) is 3. The zero-order chi connectivity index (χ0) is 30.7. The van der Waals surface area contributed by atoms with Gasteiger partial charge in [-0.1, -0.05) is 72.3 Å². The molecule has 2 heterocycles. The summed E-state index contributed by atoms with van der Waals surface area (Å²) in [6.07, 6.45) is 13.2. The highest BCUT2D eigenvalue weighted by molar-refractivity contribution is 6.33. The number of aliphatic carboxylic acids is 1. The van der Waals surface area contributed by atoms with Crippen LogP contribution in [0.15, 0.2) is 90.8 Å². The zero-order valence-electron chi connectivity index (χ0n) is 24.6. The van der Waals surface area contributed by atoms with Gasteiger partial charge in [-0.3, -0.25) is 9.36 Å². The average Bonchev–Trinajstić information content (AvgIpc) is 3.59. The minimum atomic E-state index is -0.821. The summed E-state index contributed by atoms with van der Waals surface area (Å²) >= 11 is 6.58. The first-order valence-corrected chi connectivity index (χ1v) is 14.5. The Labute approximate surface area is 256 Å². The van der Waals surface area contributed by atoms with E-state index in [1.54, 1.807) is 12.3 Å². The summed E-state index contributed by atoms with van der Waals surface area (Å²) in [5.41, 5.74) is 5.70. The summed E-state index contributed by atoms with van der Waals surface area (Å²) in [6, 6.07) is 17.5. The van der Waals surface area contributed by atoms with Gasteiger partial charge in [-0.15, -0.1) is 0 Å². The fourth-order valence-electron chi connectivity index (χ4n) is 4.83. The van der Waals surface area contributed by atoms with Crippen molar-refractivity contribution in [3.05, 3.63) is 113 Å². The van der Waals surface area contributed by atoms with Crippen LogP contribution in [0.3, 0.4) is 0 Å². The Bertz CT molecular complexity index is 1750. The molecule has 0 amide bonds. The van der Waals surface area contributed by atoms with Crippen molar-refractivity contribution in [3.63, 3.8) is 0 Å². The average molecular weight is 596 g/mol. The van der Waals surface area contributed by atoms with Crippen molar-refractivity contribution in [2.75, 3.05) is 0 Å². The van der Waals surface area contributed by atoms with E-state index in [0.717, 1.165) is 45.0 Å². The van der Waals surface area contributed by atoms with E-state index in [0.29, 0.717) is 18.0 Å². The molecule has 1 aliphatic carbocycles. The van der Waals surface area contributed by atoms with Crippen LogP contribution in [0.5, 0.6) is 0 Å². The molecule has 4 aromatic rings. The second-order valence-corrected chi connectivity index (χ2v) is 12.0. The molecule has 5 rings (SSSR count). The molecule has 43 heavy (non-hydrogen) atoms. The molecule has 1 unspecified atom stereocenters. The maximum absolute atomic E-state index is 12.7. The number of halogens is 1. The summed E-state index contributed by atoms with van der Waals surface area (Å²) in [7, 11) is 0. The molecule has 1 aliphatic rings. The Morgan fingerprint density at radius 2 is 1.88 bits per heavy atom. The normalized spacial score (nSPS) is 15.1. The van der Waals surface area contributed by atoms with Crippen LogP contribution in [0, 0.1) is 12.8 Å². The van der Waals surface area contributed by atoms with Crippen LogP contribution in [0.25, 0.3) is 34.7 Å². The molecule has 220 valence electrons. The minimum Gasteiger partial charge on any atom is -0.481 e. The molecule has 0 bridgehead atoms. The van der Waals surface area contributed by atoms with Crippen molar-refractivity contribution >= 4 is 35.8 Å². The quantitative estimate of drug-likeness (QED) is 0.231. The third-order valence-electron chi connectivity index (χ3n) is 7.02. The van der Waals surface area contributed by atoms with E-state index >= 15 is 0 Å². The van der Waals surface area contributed by atoms with Gasteiger partial charge in [0.25, 0.3) is 0 Å². The van der Waals surface area contributed by atoms with Gasteiger partial charge in [0.05, 0.1) is 22.3 Å². The van der Waals surface area contributed by atoms with Crippen molar-refractivity contribution < 1.29 is 19.4 Å². The Morgan fingerprint density at radius 1 is 1.12 bits per heavy atom. The second kappa shape index (κ2) is 12.3. The van der Waals surface area contributed by atoms with E-state index in [2.05, 4.69) is 0 Å². The SMILES string of the molecule is Cc1ccc(-c2cn(CC3=CCC(C(=O)O)C=C3)c(/C=C/c3ccc(-c4cccn4C(=O)OC(C)(C)C)cc3)n2)c(Cl)c1. The molecule has 8 heteroatoms. The van der Waals surface area contributed by atoms with Crippen molar-refractivity contribution in [3.8, 4) is 22.5 Å². The van der Waals surface area contributed by atoms with Crippen LogP contribution >= 0.6 is 11.6 Å². The van der Waals surface area contributed by atoms with Crippen molar-refractivity contribution in [2.24, 2.45) is 5.92 Å². The number of hydrogen-bond donors (Lipinski definition) is 1. The highest BCUT2D eigenvalue weighted by atomic mass is 35.5. The second-order valence-electron chi connectivity index (χ2n) is 11.6. The molecule has 0 fully saturated rings. The van der Waals surface area contributed by atoms with E-state index in [4.69, 9.17) is 21.3 Å². The number of benzene rings is 2. The summed E-state index contributed by atoms with van der Waals surface area (Å²) in [4.78, 5) is 28.9. The molecule has 0 saturated carbocycles. The summed E-state index contributed by atoms with van der Waals surface area (Å²) < 4.78 is 9.10. The largest absolute Gasteiger partial charge is 0.481 e. The third kappa shape index (κ3) is 7.24. The van der Waals surface area contributed by atoms with E-state index in [-0.39, 0.29) is 0 Å². The van der Waals surface area contributed by atoms with E-state index in [9.17, 15) is 14.7 Å². The maximum Gasteiger partial charge on any atom is 0.418 e. The number of carboxylic acid groups (broad SMARTS) is 1. The molecule has 1 N–H and O–H groups in total. The lowest BCUT2D eigenvalue weighted by atomic mass is 9.97. The van der Waals surface area contributed by atoms with Crippen molar-refractivity contribution in [1.29, 1.82) is 0 Å². The molecule has 0 spiro atoms. The predicted molar refractivity (Wildman–Crippen MR) is 171 cm³/mol. The van der Waals surface area contributed by atoms with Gasteiger partial charge in [0.15, 0.2) is 0 Å². The van der Waals surface area contributed by atoms with Crippen molar-refractivity contribution in [1.82, 2.24) is 14.1 Å². The van der Waals surface area contributed by atoms with Gasteiger partial charge >= 0.3 is 12.1 Å². The Morgan fingerprint density at radius 3 is 2.53 bits per heavy atom. The fraction of sp³-hybridized carbons (Fsp3) is 0.229. The molecule has 2 aromatic carbocycles. The smallest absolute Gasteiger partial charge is 0.418 e. The van der Waals surface area contributed by atoms with Crippen LogP contribution in [0.4, 0.5) is 4.79 Å². The van der Waals surface area contributed by atoms with Gasteiger partial charge in [0, 0.05) is 24.5 Å². The first-order valence-electron chi connectivity index (χ1n) is 14.1. The standard InChI is InChI=1S/C35H34ClN3O4/c1-23-7-17-28(29(36)20-23)30-22-38(21-25-10-15-27(16-11-25)33(40)41)32(37-30)18-12-24-8-13-26(14-9-24)31-6-5-19-39(31)34(42)43-35(2,3)4/h5-15,17-20,22,27H,16,21H2,1-4H3,(H,40,41)/b18-12+. The van der Waals surface area contributed by atoms with Crippen LogP contribution in [0.2, 0.25) is 5.02 Å². The minimum absolute atomic E-state index is 0.422. The number of rotatable bonds is 7. The number of aryl methyl sites for hydroxylation is 1. The molecule has 7 nitrogen and oxygen atoms in total. The predicted octanol–water partition coefficient (Wildman–Crippen LogP) is 8.52.